The Morgan fingerprint density at radius 2 is 1.75 bits per heavy atom. The number of halogens is 1. The maximum Gasteiger partial charge on any atom is 0.306 e. The zero-order chi connectivity index (χ0) is 27.4. The smallest absolute Gasteiger partial charge is 0.306 e. The van der Waals surface area contributed by atoms with Crippen molar-refractivity contribution in [2.24, 2.45) is 11.8 Å². The molecule has 40 heavy (non-hydrogen) atoms. The molecular formula is C33H38BrN3O3. The van der Waals surface area contributed by atoms with E-state index in [4.69, 9.17) is 4.98 Å². The van der Waals surface area contributed by atoms with Crippen LogP contribution in [0, 0.1) is 11.8 Å². The molecule has 0 unspecified atom stereocenters. The molecule has 2 aromatic carbocycles. The number of nitrogens with zero attached hydrogens (tertiary/aromatic N) is 3. The highest BCUT2D eigenvalue weighted by Crippen LogP contribution is 2.52. The molecule has 7 rings (SSSR count). The fourth-order valence-electron chi connectivity index (χ4n) is 8.35. The van der Waals surface area contributed by atoms with Crippen molar-refractivity contribution < 1.29 is 9.90 Å². The summed E-state index contributed by atoms with van der Waals surface area (Å²) in [7, 11) is 0. The highest BCUT2D eigenvalue weighted by Gasteiger charge is 2.46. The van der Waals surface area contributed by atoms with Crippen molar-refractivity contribution >= 4 is 32.8 Å². The Bertz CT molecular complexity index is 1510. The van der Waals surface area contributed by atoms with Crippen molar-refractivity contribution in [1.82, 2.24) is 14.5 Å². The number of hydrogen-bond donors (Lipinski definition) is 1. The first-order valence-corrected chi connectivity index (χ1v) is 16.1. The number of likely N-dealkylation sites (tertiary alicyclic amines) is 1. The number of aliphatic carboxylic acids is 1. The van der Waals surface area contributed by atoms with Crippen LogP contribution in [-0.2, 0) is 10.2 Å². The van der Waals surface area contributed by atoms with Crippen molar-refractivity contribution in [3.63, 3.8) is 0 Å². The summed E-state index contributed by atoms with van der Waals surface area (Å²) < 4.78 is 3.09. The summed E-state index contributed by atoms with van der Waals surface area (Å²) in [5, 5.41) is 9.98. The molecule has 1 aromatic heterocycles. The molecule has 2 aliphatic heterocycles. The summed E-state index contributed by atoms with van der Waals surface area (Å²) >= 11 is 3.61. The second-order valence-corrected chi connectivity index (χ2v) is 13.6. The van der Waals surface area contributed by atoms with Crippen molar-refractivity contribution in [3.8, 4) is 5.69 Å². The van der Waals surface area contributed by atoms with Crippen LogP contribution in [0.5, 0.6) is 0 Å². The predicted octanol–water partition coefficient (Wildman–Crippen LogP) is 6.78. The van der Waals surface area contributed by atoms with E-state index < -0.39 is 5.97 Å². The second-order valence-electron chi connectivity index (χ2n) is 12.8. The van der Waals surface area contributed by atoms with Crippen LogP contribution < -0.4 is 5.56 Å². The van der Waals surface area contributed by atoms with E-state index in [9.17, 15) is 14.7 Å². The van der Waals surface area contributed by atoms with Crippen molar-refractivity contribution in [2.75, 3.05) is 19.6 Å². The minimum Gasteiger partial charge on any atom is -0.481 e. The first-order valence-electron chi connectivity index (χ1n) is 15.3. The Kier molecular flexibility index (Phi) is 6.86. The van der Waals surface area contributed by atoms with Crippen molar-refractivity contribution in [3.05, 3.63) is 68.2 Å². The van der Waals surface area contributed by atoms with E-state index in [-0.39, 0.29) is 16.9 Å². The Balaban J connectivity index is 1.15. The Morgan fingerprint density at radius 1 is 1.00 bits per heavy atom. The molecule has 3 aromatic rings. The lowest BCUT2D eigenvalue weighted by Crippen LogP contribution is -2.38. The molecule has 0 radical (unpaired) electrons. The number of carboxylic acid groups (broad SMARTS) is 1. The van der Waals surface area contributed by atoms with Gasteiger partial charge in [-0.2, -0.15) is 4.98 Å². The molecule has 210 valence electrons. The number of carbonyl (C=O) groups is 1. The molecule has 3 fully saturated rings. The van der Waals surface area contributed by atoms with Crippen LogP contribution in [0.15, 0.2) is 45.7 Å². The van der Waals surface area contributed by atoms with Crippen LogP contribution in [-0.4, -0.2) is 45.2 Å². The van der Waals surface area contributed by atoms with Gasteiger partial charge in [0, 0.05) is 11.0 Å². The quantitative estimate of drug-likeness (QED) is 0.355. The standard InChI is InChI=1S/C33H38BrN3O3/c34-26-5-4-6-28-29(26)30(38)35-32-33(15-2-1-3-16-33)25-19-24(11-12-27(25)37(28)32)22-13-17-36(18-14-22)20-21-7-9-23(10-8-21)31(39)40/h4-6,11-12,19,21-23H,1-3,7-10,13-18,20H2,(H,39,40). The second kappa shape index (κ2) is 10.4. The largest absolute Gasteiger partial charge is 0.481 e. The molecule has 1 N–H and O–H groups in total. The number of piperidine rings is 1. The lowest BCUT2D eigenvalue weighted by atomic mass is 9.69. The Hall–Kier alpha value is -2.51. The van der Waals surface area contributed by atoms with E-state index >= 15 is 0 Å². The number of rotatable bonds is 4. The minimum atomic E-state index is -0.615. The van der Waals surface area contributed by atoms with Crippen LogP contribution in [0.3, 0.4) is 0 Å². The summed E-state index contributed by atoms with van der Waals surface area (Å²) in [4.78, 5) is 32.0. The lowest BCUT2D eigenvalue weighted by molar-refractivity contribution is -0.143. The Labute approximate surface area is 243 Å². The fraction of sp³-hybridized carbons (Fsp3) is 0.545. The number of aromatic nitrogens is 2. The van der Waals surface area contributed by atoms with Crippen LogP contribution >= 0.6 is 15.9 Å². The monoisotopic (exact) mass is 603 g/mol. The highest BCUT2D eigenvalue weighted by molar-refractivity contribution is 9.10. The van der Waals surface area contributed by atoms with E-state index in [1.54, 1.807) is 0 Å². The van der Waals surface area contributed by atoms with Crippen LogP contribution in [0.2, 0.25) is 0 Å². The van der Waals surface area contributed by atoms with Crippen molar-refractivity contribution in [2.45, 2.75) is 82.0 Å². The molecule has 0 atom stereocenters. The van der Waals surface area contributed by atoms with Crippen molar-refractivity contribution in [1.29, 1.82) is 0 Å². The van der Waals surface area contributed by atoms with E-state index in [0.29, 0.717) is 17.2 Å². The molecular weight excluding hydrogens is 566 g/mol. The summed E-state index contributed by atoms with van der Waals surface area (Å²) in [6.07, 6.45) is 11.8. The van der Waals surface area contributed by atoms with Gasteiger partial charge in [0.2, 0.25) is 0 Å². The van der Waals surface area contributed by atoms with Gasteiger partial charge in [-0.05, 0) is 122 Å². The molecule has 7 heteroatoms. The maximum absolute atomic E-state index is 13.3. The normalized spacial score (nSPS) is 24.7. The lowest BCUT2D eigenvalue weighted by Gasteiger charge is -2.37. The van der Waals surface area contributed by atoms with Gasteiger partial charge in [0.15, 0.2) is 0 Å². The van der Waals surface area contributed by atoms with E-state index in [1.165, 1.54) is 36.1 Å². The van der Waals surface area contributed by atoms with Gasteiger partial charge in [0.1, 0.15) is 5.82 Å². The third-order valence-electron chi connectivity index (χ3n) is 10.5. The van der Waals surface area contributed by atoms with Gasteiger partial charge in [-0.1, -0.05) is 37.5 Å². The third kappa shape index (κ3) is 4.35. The van der Waals surface area contributed by atoms with Gasteiger partial charge < -0.3 is 10.0 Å². The van der Waals surface area contributed by atoms with Crippen LogP contribution in [0.1, 0.15) is 93.5 Å². The summed E-state index contributed by atoms with van der Waals surface area (Å²) in [5.41, 5.74) is 4.66. The highest BCUT2D eigenvalue weighted by atomic mass is 79.9. The first-order chi connectivity index (χ1) is 19.4. The predicted molar refractivity (Wildman–Crippen MR) is 160 cm³/mol. The SMILES string of the molecule is O=C(O)C1CCC(CN2CCC(c3ccc4c(c3)C3(CCCCC3)c3nc(=O)c5c(Br)cccc5n3-4)CC2)CC1. The Morgan fingerprint density at radius 3 is 2.48 bits per heavy atom. The molecule has 1 spiro atoms. The number of fused-ring (bicyclic) bond motifs is 7. The molecule has 3 heterocycles. The third-order valence-corrected chi connectivity index (χ3v) is 11.2. The van der Waals surface area contributed by atoms with Gasteiger partial charge in [-0.3, -0.25) is 14.2 Å². The van der Waals surface area contributed by atoms with Crippen LogP contribution in [0.4, 0.5) is 0 Å². The van der Waals surface area contributed by atoms with Gasteiger partial charge in [0.05, 0.1) is 27.9 Å². The molecule has 1 saturated heterocycles. The molecule has 0 amide bonds. The molecule has 0 bridgehead atoms. The minimum absolute atomic E-state index is 0.129. The fourth-order valence-corrected chi connectivity index (χ4v) is 8.88. The van der Waals surface area contributed by atoms with Gasteiger partial charge >= 0.3 is 5.97 Å². The summed E-state index contributed by atoms with van der Waals surface area (Å²) in [6, 6.07) is 13.1. The zero-order valence-electron chi connectivity index (χ0n) is 23.1. The number of hydrogen-bond acceptors (Lipinski definition) is 4. The van der Waals surface area contributed by atoms with Gasteiger partial charge in [-0.25, -0.2) is 0 Å². The average Bonchev–Trinajstić information content (AvgIpc) is 3.22. The maximum atomic E-state index is 13.3. The summed E-state index contributed by atoms with van der Waals surface area (Å²) in [6.45, 7) is 3.34. The molecule has 2 aliphatic carbocycles. The first kappa shape index (κ1) is 26.4. The number of carboxylic acids is 1. The van der Waals surface area contributed by atoms with E-state index in [2.05, 4.69) is 49.7 Å². The average molecular weight is 605 g/mol. The van der Waals surface area contributed by atoms with Crippen LogP contribution in [0.25, 0.3) is 16.6 Å². The summed E-state index contributed by atoms with van der Waals surface area (Å²) in [5.74, 6) is 1.39. The van der Waals surface area contributed by atoms with E-state index in [0.717, 1.165) is 86.8 Å². The molecule has 4 aliphatic rings. The topological polar surface area (TPSA) is 75.4 Å². The van der Waals surface area contributed by atoms with E-state index in [1.807, 2.05) is 12.1 Å². The molecule has 2 saturated carbocycles. The van der Waals surface area contributed by atoms with Gasteiger partial charge in [0.25, 0.3) is 5.56 Å². The molecule has 6 nitrogen and oxygen atoms in total. The van der Waals surface area contributed by atoms with Gasteiger partial charge in [-0.15, -0.1) is 0 Å². The number of benzene rings is 2. The zero-order valence-corrected chi connectivity index (χ0v) is 24.7.